The first kappa shape index (κ1) is 15.7. The highest BCUT2D eigenvalue weighted by Gasteiger charge is 2.20. The van der Waals surface area contributed by atoms with Crippen molar-refractivity contribution in [2.75, 3.05) is 0 Å². The van der Waals surface area contributed by atoms with Crippen LogP contribution in [0.2, 0.25) is 0 Å². The summed E-state index contributed by atoms with van der Waals surface area (Å²) in [7, 11) is 0. The van der Waals surface area contributed by atoms with Gasteiger partial charge in [0.15, 0.2) is 0 Å². The summed E-state index contributed by atoms with van der Waals surface area (Å²) in [6, 6.07) is 7.73. The first-order chi connectivity index (χ1) is 8.86. The molecule has 3 N–H and O–H groups in total. The molecule has 1 amide bonds. The van der Waals surface area contributed by atoms with Gasteiger partial charge in [0.25, 0.3) is 5.91 Å². The second-order valence-corrected chi connectivity index (χ2v) is 6.22. The Morgan fingerprint density at radius 2 is 1.84 bits per heavy atom. The van der Waals surface area contributed by atoms with Crippen molar-refractivity contribution < 1.29 is 4.79 Å². The van der Waals surface area contributed by atoms with Crippen molar-refractivity contribution >= 4 is 5.91 Å². The van der Waals surface area contributed by atoms with Crippen LogP contribution in [0.1, 0.15) is 62.9 Å². The van der Waals surface area contributed by atoms with Gasteiger partial charge in [-0.3, -0.25) is 10.2 Å². The van der Waals surface area contributed by atoms with Gasteiger partial charge in [-0.05, 0) is 35.4 Å². The molecule has 0 aromatic heterocycles. The highest BCUT2D eigenvalue weighted by atomic mass is 16.2. The minimum Gasteiger partial charge on any atom is -0.290 e. The van der Waals surface area contributed by atoms with E-state index in [1.165, 1.54) is 18.4 Å². The summed E-state index contributed by atoms with van der Waals surface area (Å²) in [5.41, 5.74) is 4.16. The Morgan fingerprint density at radius 1 is 1.26 bits per heavy atom. The van der Waals surface area contributed by atoms with Gasteiger partial charge in [-0.2, -0.15) is 0 Å². The second-order valence-electron chi connectivity index (χ2n) is 6.22. The molecule has 0 aliphatic carbocycles. The Labute approximate surface area is 116 Å². The first-order valence-electron chi connectivity index (χ1n) is 6.98. The third-order valence-electron chi connectivity index (χ3n) is 3.64. The second kappa shape index (κ2) is 6.71. The quantitative estimate of drug-likeness (QED) is 0.469. The topological polar surface area (TPSA) is 55.1 Å². The van der Waals surface area contributed by atoms with Crippen LogP contribution in [-0.2, 0) is 5.41 Å². The van der Waals surface area contributed by atoms with Crippen LogP contribution in [0.15, 0.2) is 24.3 Å². The maximum Gasteiger partial charge on any atom is 0.265 e. The molecule has 1 aromatic rings. The molecule has 0 saturated carbocycles. The number of nitrogens with two attached hydrogens (primary N) is 1. The van der Waals surface area contributed by atoms with Crippen LogP contribution in [0.3, 0.4) is 0 Å². The Kier molecular flexibility index (Phi) is 5.55. The number of hydrogen-bond donors (Lipinski definition) is 2. The lowest BCUT2D eigenvalue weighted by atomic mass is 9.79. The van der Waals surface area contributed by atoms with E-state index in [-0.39, 0.29) is 11.3 Å². The maximum absolute atomic E-state index is 11.4. The Balaban J connectivity index is 2.70. The molecule has 0 heterocycles. The fraction of sp³-hybridized carbons (Fsp3) is 0.562. The number of carbonyl (C=O) groups is 1. The van der Waals surface area contributed by atoms with Crippen LogP contribution in [-0.4, -0.2) is 5.91 Å². The normalized spacial score (nSPS) is 11.7. The van der Waals surface area contributed by atoms with E-state index in [2.05, 4.69) is 33.1 Å². The summed E-state index contributed by atoms with van der Waals surface area (Å²) < 4.78 is 0. The summed E-state index contributed by atoms with van der Waals surface area (Å²) >= 11 is 0. The summed E-state index contributed by atoms with van der Waals surface area (Å²) in [5.74, 6) is 5.63. The van der Waals surface area contributed by atoms with Crippen LogP contribution in [0.25, 0.3) is 0 Å². The number of nitrogen functional groups attached to an aromatic ring is 1. The first-order valence-corrected chi connectivity index (χ1v) is 6.98. The number of hydrazine groups is 1. The van der Waals surface area contributed by atoms with Gasteiger partial charge in [0.2, 0.25) is 0 Å². The van der Waals surface area contributed by atoms with Crippen molar-refractivity contribution in [3.63, 3.8) is 0 Å². The van der Waals surface area contributed by atoms with E-state index in [0.717, 1.165) is 12.3 Å². The zero-order chi connectivity index (χ0) is 14.5. The van der Waals surface area contributed by atoms with Crippen molar-refractivity contribution in [3.05, 3.63) is 35.4 Å². The minimum absolute atomic E-state index is 0.145. The van der Waals surface area contributed by atoms with Gasteiger partial charge in [0.05, 0.1) is 0 Å². The predicted molar refractivity (Wildman–Crippen MR) is 79.8 cm³/mol. The number of nitrogens with one attached hydrogen (secondary N) is 1. The minimum atomic E-state index is -0.246. The van der Waals surface area contributed by atoms with Crippen molar-refractivity contribution in [3.8, 4) is 0 Å². The van der Waals surface area contributed by atoms with Gasteiger partial charge in [0.1, 0.15) is 0 Å². The predicted octanol–water partition coefficient (Wildman–Crippen LogP) is 3.39. The van der Waals surface area contributed by atoms with Crippen molar-refractivity contribution in [1.82, 2.24) is 5.43 Å². The van der Waals surface area contributed by atoms with E-state index in [4.69, 9.17) is 5.84 Å². The molecule has 0 radical (unpaired) electrons. The SMILES string of the molecule is CC(C)CCCC(C)(C)c1ccc(C(=O)NN)cc1. The molecule has 3 nitrogen and oxygen atoms in total. The fourth-order valence-corrected chi connectivity index (χ4v) is 2.25. The number of hydrogen-bond acceptors (Lipinski definition) is 2. The number of carbonyl (C=O) groups excluding carboxylic acids is 1. The lowest BCUT2D eigenvalue weighted by molar-refractivity contribution is 0.0953. The molecule has 1 aromatic carbocycles. The van der Waals surface area contributed by atoms with Gasteiger partial charge < -0.3 is 0 Å². The van der Waals surface area contributed by atoms with E-state index in [9.17, 15) is 4.79 Å². The Morgan fingerprint density at radius 3 is 2.32 bits per heavy atom. The van der Waals surface area contributed by atoms with Gasteiger partial charge in [-0.25, -0.2) is 5.84 Å². The Hall–Kier alpha value is -1.35. The molecule has 0 atom stereocenters. The van der Waals surface area contributed by atoms with Crippen LogP contribution in [0, 0.1) is 5.92 Å². The van der Waals surface area contributed by atoms with E-state index in [1.54, 1.807) is 0 Å². The third-order valence-corrected chi connectivity index (χ3v) is 3.64. The summed E-state index contributed by atoms with van der Waals surface area (Å²) in [4.78, 5) is 11.4. The average molecular weight is 262 g/mol. The molecule has 3 heteroatoms. The molecule has 0 bridgehead atoms. The van der Waals surface area contributed by atoms with Gasteiger partial charge >= 0.3 is 0 Å². The largest absolute Gasteiger partial charge is 0.290 e. The lowest BCUT2D eigenvalue weighted by Crippen LogP contribution is -2.30. The molecule has 0 spiro atoms. The molecule has 0 unspecified atom stereocenters. The van der Waals surface area contributed by atoms with Crippen LogP contribution in [0.5, 0.6) is 0 Å². The maximum atomic E-state index is 11.4. The van der Waals surface area contributed by atoms with Crippen molar-refractivity contribution in [2.24, 2.45) is 11.8 Å². The average Bonchev–Trinajstić information content (AvgIpc) is 2.37. The lowest BCUT2D eigenvalue weighted by Gasteiger charge is -2.26. The summed E-state index contributed by atoms with van der Waals surface area (Å²) in [5, 5.41) is 0. The smallest absolute Gasteiger partial charge is 0.265 e. The molecule has 0 aliphatic rings. The highest BCUT2D eigenvalue weighted by molar-refractivity contribution is 5.93. The summed E-state index contributed by atoms with van der Waals surface area (Å²) in [6.07, 6.45) is 3.65. The molecule has 0 fully saturated rings. The van der Waals surface area contributed by atoms with Gasteiger partial charge in [-0.1, -0.05) is 52.7 Å². The van der Waals surface area contributed by atoms with Crippen LogP contribution >= 0.6 is 0 Å². The zero-order valence-electron chi connectivity index (χ0n) is 12.5. The van der Waals surface area contributed by atoms with Crippen LogP contribution < -0.4 is 11.3 Å². The molecular weight excluding hydrogens is 236 g/mol. The number of amides is 1. The highest BCUT2D eigenvalue weighted by Crippen LogP contribution is 2.29. The van der Waals surface area contributed by atoms with E-state index >= 15 is 0 Å². The molecule has 0 aliphatic heterocycles. The number of benzene rings is 1. The van der Waals surface area contributed by atoms with Crippen LogP contribution in [0.4, 0.5) is 0 Å². The fourth-order valence-electron chi connectivity index (χ4n) is 2.25. The summed E-state index contributed by atoms with van der Waals surface area (Å²) in [6.45, 7) is 9.02. The molecular formula is C16H26N2O. The third kappa shape index (κ3) is 4.67. The van der Waals surface area contributed by atoms with E-state index < -0.39 is 0 Å². The van der Waals surface area contributed by atoms with Gasteiger partial charge in [-0.15, -0.1) is 0 Å². The van der Waals surface area contributed by atoms with Crippen molar-refractivity contribution in [2.45, 2.75) is 52.4 Å². The van der Waals surface area contributed by atoms with Gasteiger partial charge in [0, 0.05) is 5.56 Å². The standard InChI is InChI=1S/C16H26N2O/c1-12(2)6-5-11-16(3,4)14-9-7-13(8-10-14)15(19)18-17/h7-10,12H,5-6,11,17H2,1-4H3,(H,18,19). The Bertz CT molecular complexity index is 407. The van der Waals surface area contributed by atoms with Crippen molar-refractivity contribution in [1.29, 1.82) is 0 Å². The zero-order valence-corrected chi connectivity index (χ0v) is 12.5. The molecule has 1 rings (SSSR count). The van der Waals surface area contributed by atoms with E-state index in [1.807, 2.05) is 24.3 Å². The molecule has 0 saturated heterocycles. The number of rotatable bonds is 6. The molecule has 19 heavy (non-hydrogen) atoms. The van der Waals surface area contributed by atoms with E-state index in [0.29, 0.717) is 5.56 Å². The monoisotopic (exact) mass is 262 g/mol. The molecule has 106 valence electrons.